The van der Waals surface area contributed by atoms with Gasteiger partial charge in [-0.3, -0.25) is 0 Å². The van der Waals surface area contributed by atoms with Gasteiger partial charge in [0, 0.05) is 14.4 Å². The van der Waals surface area contributed by atoms with Crippen molar-refractivity contribution in [1.29, 1.82) is 0 Å². The summed E-state index contributed by atoms with van der Waals surface area (Å²) in [5.41, 5.74) is 5.78. The number of hydrogen-bond donors (Lipinski definition) is 0. The molecular formula is C21H24Br2. The second-order valence-corrected chi connectivity index (χ2v) is 10.5. The molecule has 1 aliphatic carbocycles. The predicted octanol–water partition coefficient (Wildman–Crippen LogP) is 7.57. The van der Waals surface area contributed by atoms with Crippen molar-refractivity contribution in [3.8, 4) is 11.1 Å². The van der Waals surface area contributed by atoms with Crippen molar-refractivity contribution in [2.24, 2.45) is 10.8 Å². The lowest BCUT2D eigenvalue weighted by atomic mass is 9.50. The smallest absolute Gasteiger partial charge is 0.0312 e. The molecule has 23 heavy (non-hydrogen) atoms. The van der Waals surface area contributed by atoms with E-state index in [1.807, 2.05) is 0 Å². The van der Waals surface area contributed by atoms with E-state index < -0.39 is 0 Å². The van der Waals surface area contributed by atoms with Crippen molar-refractivity contribution in [3.63, 3.8) is 0 Å². The maximum absolute atomic E-state index is 3.70. The number of halogens is 2. The van der Waals surface area contributed by atoms with E-state index in [2.05, 4.69) is 110 Å². The van der Waals surface area contributed by atoms with Crippen LogP contribution in [-0.4, -0.2) is 0 Å². The Bertz CT molecular complexity index is 706. The van der Waals surface area contributed by atoms with Gasteiger partial charge in [0.05, 0.1) is 0 Å². The largest absolute Gasteiger partial charge is 0.0590 e. The second-order valence-electron chi connectivity index (χ2n) is 8.63. The lowest BCUT2D eigenvalue weighted by Gasteiger charge is -2.53. The highest BCUT2D eigenvalue weighted by molar-refractivity contribution is 9.10. The molecule has 0 spiro atoms. The highest BCUT2D eigenvalue weighted by atomic mass is 79.9. The van der Waals surface area contributed by atoms with Crippen molar-refractivity contribution < 1.29 is 0 Å². The maximum Gasteiger partial charge on any atom is 0.0312 e. The summed E-state index contributed by atoms with van der Waals surface area (Å²) >= 11 is 7.40. The summed E-state index contributed by atoms with van der Waals surface area (Å²) in [6, 6.07) is 13.5. The molecule has 0 atom stereocenters. The van der Waals surface area contributed by atoms with Crippen LogP contribution in [0.15, 0.2) is 45.3 Å². The summed E-state index contributed by atoms with van der Waals surface area (Å²) in [6.07, 6.45) is 0. The van der Waals surface area contributed by atoms with Crippen LogP contribution in [0.25, 0.3) is 11.1 Å². The number of fused-ring (bicyclic) bond motifs is 3. The first-order chi connectivity index (χ1) is 10.5. The van der Waals surface area contributed by atoms with Crippen LogP contribution in [0.4, 0.5) is 0 Å². The van der Waals surface area contributed by atoms with Crippen LogP contribution in [0, 0.1) is 10.8 Å². The fourth-order valence-corrected chi connectivity index (χ4v) is 5.73. The van der Waals surface area contributed by atoms with E-state index in [4.69, 9.17) is 0 Å². The highest BCUT2D eigenvalue weighted by Crippen LogP contribution is 2.65. The van der Waals surface area contributed by atoms with Gasteiger partial charge in [-0.05, 0) is 57.3 Å². The SMILES string of the molecule is CC(C)(C)C1(C(C)(C)C)c2cc(Br)ccc2-c2ccc(Br)cc21. The Labute approximate surface area is 157 Å². The van der Waals surface area contributed by atoms with Gasteiger partial charge < -0.3 is 0 Å². The summed E-state index contributed by atoms with van der Waals surface area (Å²) < 4.78 is 2.31. The standard InChI is InChI=1S/C21H24Br2/c1-19(2,3)21(20(4,5)6)17-11-13(22)7-9-15(17)16-10-8-14(23)12-18(16)21/h7-12H,1-6H3. The van der Waals surface area contributed by atoms with Crippen LogP contribution in [0.1, 0.15) is 52.7 Å². The molecule has 1 aliphatic rings. The maximum atomic E-state index is 3.70. The molecule has 0 fully saturated rings. The fourth-order valence-electron chi connectivity index (χ4n) is 5.01. The van der Waals surface area contributed by atoms with Gasteiger partial charge in [0.1, 0.15) is 0 Å². The normalized spacial score (nSPS) is 16.2. The fraction of sp³-hybridized carbons (Fsp3) is 0.429. The Kier molecular flexibility index (Phi) is 3.89. The monoisotopic (exact) mass is 434 g/mol. The molecule has 0 aliphatic heterocycles. The van der Waals surface area contributed by atoms with Crippen molar-refractivity contribution in [1.82, 2.24) is 0 Å². The van der Waals surface area contributed by atoms with Crippen LogP contribution in [0.5, 0.6) is 0 Å². The van der Waals surface area contributed by atoms with Crippen molar-refractivity contribution in [3.05, 3.63) is 56.5 Å². The summed E-state index contributed by atoms with van der Waals surface area (Å²) in [5, 5.41) is 0. The van der Waals surface area contributed by atoms with Gasteiger partial charge in [0.2, 0.25) is 0 Å². The summed E-state index contributed by atoms with van der Waals surface area (Å²) in [7, 11) is 0. The van der Waals surface area contributed by atoms with Gasteiger partial charge in [-0.15, -0.1) is 0 Å². The molecule has 122 valence electrons. The first-order valence-corrected chi connectivity index (χ1v) is 9.69. The van der Waals surface area contributed by atoms with Crippen LogP contribution >= 0.6 is 31.9 Å². The van der Waals surface area contributed by atoms with Gasteiger partial charge in [-0.1, -0.05) is 85.5 Å². The van der Waals surface area contributed by atoms with Crippen LogP contribution in [0.3, 0.4) is 0 Å². The van der Waals surface area contributed by atoms with Crippen LogP contribution < -0.4 is 0 Å². The molecule has 0 saturated heterocycles. The van der Waals surface area contributed by atoms with Crippen molar-refractivity contribution in [2.45, 2.75) is 47.0 Å². The minimum Gasteiger partial charge on any atom is -0.0590 e. The molecule has 0 aromatic heterocycles. The lowest BCUT2D eigenvalue weighted by molar-refractivity contribution is 0.0949. The van der Waals surface area contributed by atoms with Gasteiger partial charge in [-0.2, -0.15) is 0 Å². The van der Waals surface area contributed by atoms with E-state index in [1.54, 1.807) is 0 Å². The van der Waals surface area contributed by atoms with E-state index in [0.717, 1.165) is 8.95 Å². The summed E-state index contributed by atoms with van der Waals surface area (Å²) in [4.78, 5) is 0. The average molecular weight is 436 g/mol. The number of hydrogen-bond acceptors (Lipinski definition) is 0. The van der Waals surface area contributed by atoms with E-state index in [-0.39, 0.29) is 16.2 Å². The number of rotatable bonds is 0. The molecule has 0 radical (unpaired) electrons. The Balaban J connectivity index is 2.54. The molecule has 2 heteroatoms. The Morgan fingerprint density at radius 2 is 1.00 bits per heavy atom. The molecule has 0 heterocycles. The van der Waals surface area contributed by atoms with Gasteiger partial charge in [-0.25, -0.2) is 0 Å². The van der Waals surface area contributed by atoms with Crippen molar-refractivity contribution in [2.75, 3.05) is 0 Å². The predicted molar refractivity (Wildman–Crippen MR) is 107 cm³/mol. The average Bonchev–Trinajstić information content (AvgIpc) is 2.66. The van der Waals surface area contributed by atoms with Crippen LogP contribution in [0.2, 0.25) is 0 Å². The van der Waals surface area contributed by atoms with E-state index in [9.17, 15) is 0 Å². The summed E-state index contributed by atoms with van der Waals surface area (Å²) in [5.74, 6) is 0. The second kappa shape index (κ2) is 5.20. The molecule has 3 rings (SSSR count). The molecule has 2 aromatic rings. The van der Waals surface area contributed by atoms with Gasteiger partial charge >= 0.3 is 0 Å². The van der Waals surface area contributed by atoms with Gasteiger partial charge in [0.25, 0.3) is 0 Å². The molecule has 0 bridgehead atoms. The third-order valence-electron chi connectivity index (χ3n) is 5.31. The van der Waals surface area contributed by atoms with Gasteiger partial charge in [0.15, 0.2) is 0 Å². The molecule has 0 unspecified atom stereocenters. The molecule has 0 amide bonds. The minimum atomic E-state index is -0.0434. The first-order valence-electron chi connectivity index (χ1n) is 8.10. The van der Waals surface area contributed by atoms with Crippen molar-refractivity contribution >= 4 is 31.9 Å². The molecule has 2 aromatic carbocycles. The lowest BCUT2D eigenvalue weighted by Crippen LogP contribution is -2.49. The quantitative estimate of drug-likeness (QED) is 0.400. The first kappa shape index (κ1) is 17.2. The van der Waals surface area contributed by atoms with E-state index in [1.165, 1.54) is 22.3 Å². The van der Waals surface area contributed by atoms with Crippen LogP contribution in [-0.2, 0) is 5.41 Å². The minimum absolute atomic E-state index is 0.0434. The zero-order valence-corrected chi connectivity index (χ0v) is 17.9. The zero-order chi connectivity index (χ0) is 17.2. The summed E-state index contributed by atoms with van der Waals surface area (Å²) in [6.45, 7) is 14.2. The molecule has 0 nitrogen and oxygen atoms in total. The van der Waals surface area contributed by atoms with E-state index >= 15 is 0 Å². The van der Waals surface area contributed by atoms with E-state index in [0.29, 0.717) is 0 Å². The molecular weight excluding hydrogens is 412 g/mol. The zero-order valence-electron chi connectivity index (χ0n) is 14.7. The highest BCUT2D eigenvalue weighted by Gasteiger charge is 2.57. The Morgan fingerprint density at radius 1 is 0.652 bits per heavy atom. The Hall–Kier alpha value is -0.600. The Morgan fingerprint density at radius 3 is 1.30 bits per heavy atom. The number of benzene rings is 2. The topological polar surface area (TPSA) is 0 Å². The third kappa shape index (κ3) is 2.28. The third-order valence-corrected chi connectivity index (χ3v) is 6.30. The molecule has 0 saturated carbocycles. The molecule has 0 N–H and O–H groups in total.